The van der Waals surface area contributed by atoms with Crippen molar-refractivity contribution in [1.82, 2.24) is 14.9 Å². The predicted molar refractivity (Wildman–Crippen MR) is 91.5 cm³/mol. The van der Waals surface area contributed by atoms with Gasteiger partial charge in [0.05, 0.1) is 20.3 Å². The van der Waals surface area contributed by atoms with E-state index in [1.807, 2.05) is 5.38 Å². The molecule has 1 fully saturated rings. The van der Waals surface area contributed by atoms with Crippen LogP contribution in [-0.4, -0.2) is 47.6 Å². The van der Waals surface area contributed by atoms with E-state index in [4.69, 9.17) is 9.47 Å². The Hall–Kier alpha value is -2.19. The molecule has 1 N–H and O–H groups in total. The molecule has 1 amide bonds. The summed E-state index contributed by atoms with van der Waals surface area (Å²) in [4.78, 5) is 23.2. The minimum Gasteiger partial charge on any atom is -0.493 e. The molecule has 7 nitrogen and oxygen atoms in total. The molecule has 2 aromatic rings. The van der Waals surface area contributed by atoms with Crippen LogP contribution in [0, 0.1) is 0 Å². The lowest BCUT2D eigenvalue weighted by Gasteiger charge is -2.24. The molecule has 0 saturated carbocycles. The van der Waals surface area contributed by atoms with Crippen LogP contribution in [0.15, 0.2) is 23.8 Å². The number of nitrogens with zero attached hydrogens (tertiary/aromatic N) is 3. The van der Waals surface area contributed by atoms with Gasteiger partial charge in [0.15, 0.2) is 16.6 Å². The summed E-state index contributed by atoms with van der Waals surface area (Å²) in [5, 5.41) is 5.35. The largest absolute Gasteiger partial charge is 0.493 e. The minimum absolute atomic E-state index is 0.0238. The maximum atomic E-state index is 12.5. The SMILES string of the molecule is COc1ccnc(CN2CCC[C@H]2C(=O)Nc2nccs2)c1OC. The van der Waals surface area contributed by atoms with E-state index in [9.17, 15) is 4.79 Å². The van der Waals surface area contributed by atoms with Gasteiger partial charge in [0, 0.05) is 30.4 Å². The fourth-order valence-corrected chi connectivity index (χ4v) is 3.47. The van der Waals surface area contributed by atoms with E-state index in [1.54, 1.807) is 32.7 Å². The number of hydrogen-bond acceptors (Lipinski definition) is 7. The highest BCUT2D eigenvalue weighted by molar-refractivity contribution is 7.13. The van der Waals surface area contributed by atoms with E-state index in [-0.39, 0.29) is 11.9 Å². The average molecular weight is 348 g/mol. The fourth-order valence-electron chi connectivity index (χ4n) is 2.94. The van der Waals surface area contributed by atoms with Crippen LogP contribution in [0.25, 0.3) is 0 Å². The van der Waals surface area contributed by atoms with Crippen molar-refractivity contribution in [2.45, 2.75) is 25.4 Å². The second-order valence-corrected chi connectivity index (χ2v) is 6.34. The first-order valence-electron chi connectivity index (χ1n) is 7.73. The van der Waals surface area contributed by atoms with Crippen molar-refractivity contribution >= 4 is 22.4 Å². The highest BCUT2D eigenvalue weighted by Crippen LogP contribution is 2.31. The van der Waals surface area contributed by atoms with Gasteiger partial charge >= 0.3 is 0 Å². The predicted octanol–water partition coefficient (Wildman–Crippen LogP) is 2.16. The third-order valence-corrected chi connectivity index (χ3v) is 4.74. The lowest BCUT2D eigenvalue weighted by molar-refractivity contribution is -0.120. The molecule has 0 bridgehead atoms. The Bertz CT molecular complexity index is 693. The molecule has 1 aliphatic rings. The van der Waals surface area contributed by atoms with E-state index in [2.05, 4.69) is 20.2 Å². The Balaban J connectivity index is 1.73. The van der Waals surface area contributed by atoms with Gasteiger partial charge in [0.25, 0.3) is 0 Å². The summed E-state index contributed by atoms with van der Waals surface area (Å²) in [7, 11) is 3.20. The van der Waals surface area contributed by atoms with Crippen LogP contribution in [0.2, 0.25) is 0 Å². The third kappa shape index (κ3) is 3.49. The smallest absolute Gasteiger partial charge is 0.243 e. The molecule has 2 aromatic heterocycles. The van der Waals surface area contributed by atoms with Crippen LogP contribution in [0.4, 0.5) is 5.13 Å². The number of nitrogens with one attached hydrogen (secondary N) is 1. The monoisotopic (exact) mass is 348 g/mol. The lowest BCUT2D eigenvalue weighted by atomic mass is 10.2. The summed E-state index contributed by atoms with van der Waals surface area (Å²) >= 11 is 1.42. The van der Waals surface area contributed by atoms with E-state index in [0.29, 0.717) is 23.2 Å². The summed E-state index contributed by atoms with van der Waals surface area (Å²) in [5.41, 5.74) is 0.769. The summed E-state index contributed by atoms with van der Waals surface area (Å²) in [6, 6.07) is 1.57. The van der Waals surface area contributed by atoms with Crippen molar-refractivity contribution in [3.8, 4) is 11.5 Å². The lowest BCUT2D eigenvalue weighted by Crippen LogP contribution is -2.39. The number of thiazole rings is 1. The number of rotatable bonds is 6. The van der Waals surface area contributed by atoms with Crippen molar-refractivity contribution in [2.75, 3.05) is 26.1 Å². The van der Waals surface area contributed by atoms with Crippen LogP contribution in [0.3, 0.4) is 0 Å². The number of likely N-dealkylation sites (tertiary alicyclic amines) is 1. The van der Waals surface area contributed by atoms with Crippen LogP contribution < -0.4 is 14.8 Å². The van der Waals surface area contributed by atoms with Gasteiger partial charge in [-0.2, -0.15) is 0 Å². The Morgan fingerprint density at radius 2 is 2.25 bits per heavy atom. The Morgan fingerprint density at radius 1 is 1.38 bits per heavy atom. The summed E-state index contributed by atoms with van der Waals surface area (Å²) in [6.07, 6.45) is 5.17. The molecule has 1 atom stereocenters. The number of carbonyl (C=O) groups excluding carboxylic acids is 1. The standard InChI is InChI=1S/C16H20N4O3S/c1-22-13-5-6-17-11(14(13)23-2)10-20-8-3-4-12(20)15(21)19-16-18-7-9-24-16/h5-7,9,12H,3-4,8,10H2,1-2H3,(H,18,19,21)/t12-/m0/s1. The van der Waals surface area contributed by atoms with E-state index in [1.165, 1.54) is 11.3 Å². The van der Waals surface area contributed by atoms with Crippen LogP contribution in [0.5, 0.6) is 11.5 Å². The van der Waals surface area contributed by atoms with E-state index in [0.717, 1.165) is 25.1 Å². The first-order valence-corrected chi connectivity index (χ1v) is 8.61. The quantitative estimate of drug-likeness (QED) is 0.862. The number of ether oxygens (including phenoxy) is 2. The van der Waals surface area contributed by atoms with Crippen molar-refractivity contribution in [3.63, 3.8) is 0 Å². The first-order chi connectivity index (χ1) is 11.7. The molecule has 8 heteroatoms. The molecule has 0 radical (unpaired) electrons. The summed E-state index contributed by atoms with van der Waals surface area (Å²) in [6.45, 7) is 1.38. The fraction of sp³-hybridized carbons (Fsp3) is 0.438. The zero-order valence-corrected chi connectivity index (χ0v) is 14.5. The Kier molecular flexibility index (Phi) is 5.27. The summed E-state index contributed by atoms with van der Waals surface area (Å²) in [5.74, 6) is 1.24. The van der Waals surface area contributed by atoms with Crippen molar-refractivity contribution in [1.29, 1.82) is 0 Å². The zero-order valence-electron chi connectivity index (χ0n) is 13.7. The zero-order chi connectivity index (χ0) is 16.9. The molecule has 1 aliphatic heterocycles. The van der Waals surface area contributed by atoms with E-state index < -0.39 is 0 Å². The van der Waals surface area contributed by atoms with Crippen LogP contribution >= 0.6 is 11.3 Å². The van der Waals surface area contributed by atoms with Gasteiger partial charge in [-0.3, -0.25) is 14.7 Å². The van der Waals surface area contributed by atoms with Crippen molar-refractivity contribution in [3.05, 3.63) is 29.5 Å². The second kappa shape index (κ2) is 7.59. The molecule has 3 heterocycles. The van der Waals surface area contributed by atoms with Gasteiger partial charge < -0.3 is 14.8 Å². The maximum Gasteiger partial charge on any atom is 0.243 e. The molecule has 0 unspecified atom stereocenters. The van der Waals surface area contributed by atoms with Crippen molar-refractivity contribution < 1.29 is 14.3 Å². The van der Waals surface area contributed by atoms with Crippen LogP contribution in [0.1, 0.15) is 18.5 Å². The molecule has 1 saturated heterocycles. The molecule has 128 valence electrons. The number of anilines is 1. The number of aromatic nitrogens is 2. The molecule has 3 rings (SSSR count). The first kappa shape index (κ1) is 16.7. The maximum absolute atomic E-state index is 12.5. The number of carbonyl (C=O) groups is 1. The average Bonchev–Trinajstić information content (AvgIpc) is 3.26. The van der Waals surface area contributed by atoms with Gasteiger partial charge in [-0.25, -0.2) is 4.98 Å². The van der Waals surface area contributed by atoms with Crippen molar-refractivity contribution in [2.24, 2.45) is 0 Å². The molecule has 0 aliphatic carbocycles. The number of hydrogen-bond donors (Lipinski definition) is 1. The number of methoxy groups -OCH3 is 2. The van der Waals surface area contributed by atoms with Crippen LogP contribution in [-0.2, 0) is 11.3 Å². The van der Waals surface area contributed by atoms with Gasteiger partial charge in [0.1, 0.15) is 5.69 Å². The van der Waals surface area contributed by atoms with Gasteiger partial charge in [-0.05, 0) is 19.4 Å². The normalized spacial score (nSPS) is 17.7. The second-order valence-electron chi connectivity index (χ2n) is 5.45. The highest BCUT2D eigenvalue weighted by Gasteiger charge is 2.32. The van der Waals surface area contributed by atoms with Gasteiger partial charge in [0.2, 0.25) is 5.91 Å². The number of pyridine rings is 1. The molecular weight excluding hydrogens is 328 g/mol. The van der Waals surface area contributed by atoms with E-state index >= 15 is 0 Å². The third-order valence-electron chi connectivity index (χ3n) is 4.05. The Morgan fingerprint density at radius 3 is 2.96 bits per heavy atom. The molecule has 24 heavy (non-hydrogen) atoms. The Labute approximate surface area is 144 Å². The topological polar surface area (TPSA) is 76.6 Å². The number of amides is 1. The van der Waals surface area contributed by atoms with Gasteiger partial charge in [-0.15, -0.1) is 11.3 Å². The minimum atomic E-state index is -0.188. The highest BCUT2D eigenvalue weighted by atomic mass is 32.1. The summed E-state index contributed by atoms with van der Waals surface area (Å²) < 4.78 is 10.8. The molecular formula is C16H20N4O3S. The molecule has 0 spiro atoms. The van der Waals surface area contributed by atoms with Gasteiger partial charge in [-0.1, -0.05) is 0 Å². The molecule has 0 aromatic carbocycles.